The third-order valence-corrected chi connectivity index (χ3v) is 3.59. The van der Waals surface area contributed by atoms with Gasteiger partial charge < -0.3 is 16.4 Å². The second-order valence-corrected chi connectivity index (χ2v) is 5.47. The zero-order valence-corrected chi connectivity index (χ0v) is 15.3. The SMILES string of the molecule is CC(N)(C(=O)NCCCNc1ccccc1)c1ccccc1.Cl.Cl. The summed E-state index contributed by atoms with van der Waals surface area (Å²) in [4.78, 5) is 12.2. The van der Waals surface area contributed by atoms with Crippen molar-refractivity contribution in [2.75, 3.05) is 18.4 Å². The molecule has 2 aromatic rings. The Morgan fingerprint density at radius 1 is 0.958 bits per heavy atom. The van der Waals surface area contributed by atoms with Crippen molar-refractivity contribution in [1.29, 1.82) is 0 Å². The van der Waals surface area contributed by atoms with Crippen molar-refractivity contribution >= 4 is 36.4 Å². The number of nitrogens with two attached hydrogens (primary N) is 1. The minimum Gasteiger partial charge on any atom is -0.385 e. The summed E-state index contributed by atoms with van der Waals surface area (Å²) in [5, 5.41) is 6.21. The molecule has 0 aromatic heterocycles. The molecule has 132 valence electrons. The Bertz CT molecular complexity index is 592. The molecule has 4 nitrogen and oxygen atoms in total. The van der Waals surface area contributed by atoms with Gasteiger partial charge in [0.1, 0.15) is 5.54 Å². The monoisotopic (exact) mass is 369 g/mol. The number of benzene rings is 2. The smallest absolute Gasteiger partial charge is 0.244 e. The fourth-order valence-electron chi connectivity index (χ4n) is 2.18. The van der Waals surface area contributed by atoms with Crippen molar-refractivity contribution in [3.63, 3.8) is 0 Å². The maximum absolute atomic E-state index is 12.2. The second-order valence-electron chi connectivity index (χ2n) is 5.47. The van der Waals surface area contributed by atoms with Crippen LogP contribution in [0.25, 0.3) is 0 Å². The average Bonchev–Trinajstić information content (AvgIpc) is 2.56. The number of hydrogen-bond acceptors (Lipinski definition) is 3. The van der Waals surface area contributed by atoms with Crippen molar-refractivity contribution in [2.24, 2.45) is 5.73 Å². The Hall–Kier alpha value is -1.75. The van der Waals surface area contributed by atoms with E-state index in [2.05, 4.69) is 10.6 Å². The van der Waals surface area contributed by atoms with Gasteiger partial charge in [0.25, 0.3) is 0 Å². The molecule has 6 heteroatoms. The van der Waals surface area contributed by atoms with Crippen LogP contribution in [0.4, 0.5) is 5.69 Å². The Labute approximate surface area is 156 Å². The lowest BCUT2D eigenvalue weighted by Crippen LogP contribution is -2.49. The molecular formula is C18H25Cl2N3O. The molecule has 0 heterocycles. The van der Waals surface area contributed by atoms with Crippen molar-refractivity contribution in [3.05, 3.63) is 66.2 Å². The molecule has 0 spiro atoms. The molecule has 4 N–H and O–H groups in total. The molecule has 0 saturated heterocycles. The van der Waals surface area contributed by atoms with Crippen LogP contribution in [-0.4, -0.2) is 19.0 Å². The predicted octanol–water partition coefficient (Wildman–Crippen LogP) is 3.32. The highest BCUT2D eigenvalue weighted by Crippen LogP contribution is 2.17. The van der Waals surface area contributed by atoms with Crippen LogP contribution < -0.4 is 16.4 Å². The van der Waals surface area contributed by atoms with Crippen LogP contribution >= 0.6 is 24.8 Å². The highest BCUT2D eigenvalue weighted by molar-refractivity contribution is 5.87. The Morgan fingerprint density at radius 3 is 2.08 bits per heavy atom. The third-order valence-electron chi connectivity index (χ3n) is 3.59. The van der Waals surface area contributed by atoms with Crippen LogP contribution in [0, 0.1) is 0 Å². The van der Waals surface area contributed by atoms with E-state index < -0.39 is 5.54 Å². The van der Waals surface area contributed by atoms with E-state index in [0.717, 1.165) is 24.2 Å². The van der Waals surface area contributed by atoms with Crippen molar-refractivity contribution in [3.8, 4) is 0 Å². The van der Waals surface area contributed by atoms with Gasteiger partial charge in [0.05, 0.1) is 0 Å². The molecular weight excluding hydrogens is 345 g/mol. The summed E-state index contributed by atoms with van der Waals surface area (Å²) in [5.74, 6) is -0.154. The number of anilines is 1. The molecule has 1 amide bonds. The van der Waals surface area contributed by atoms with Gasteiger partial charge in [0.2, 0.25) is 5.91 Å². The maximum atomic E-state index is 12.2. The van der Waals surface area contributed by atoms with Crippen molar-refractivity contribution in [1.82, 2.24) is 5.32 Å². The van der Waals surface area contributed by atoms with E-state index in [4.69, 9.17) is 5.73 Å². The van der Waals surface area contributed by atoms with E-state index in [1.54, 1.807) is 6.92 Å². The van der Waals surface area contributed by atoms with E-state index >= 15 is 0 Å². The fraction of sp³-hybridized carbons (Fsp3) is 0.278. The van der Waals surface area contributed by atoms with Crippen LogP contribution in [0.5, 0.6) is 0 Å². The lowest BCUT2D eigenvalue weighted by Gasteiger charge is -2.24. The number of amides is 1. The van der Waals surface area contributed by atoms with Gasteiger partial charge in [-0.15, -0.1) is 24.8 Å². The Balaban J connectivity index is 0.00000264. The summed E-state index contributed by atoms with van der Waals surface area (Å²) in [5.41, 5.74) is 7.05. The van der Waals surface area contributed by atoms with Gasteiger partial charge in [-0.1, -0.05) is 48.5 Å². The number of halogens is 2. The molecule has 1 atom stereocenters. The van der Waals surface area contributed by atoms with Gasteiger partial charge in [-0.2, -0.15) is 0 Å². The second kappa shape index (κ2) is 10.9. The first kappa shape index (κ1) is 22.2. The highest BCUT2D eigenvalue weighted by Gasteiger charge is 2.29. The Morgan fingerprint density at radius 2 is 1.50 bits per heavy atom. The number of carbonyl (C=O) groups is 1. The van der Waals surface area contributed by atoms with E-state index in [-0.39, 0.29) is 30.7 Å². The van der Waals surface area contributed by atoms with Crippen molar-refractivity contribution < 1.29 is 4.79 Å². The quantitative estimate of drug-likeness (QED) is 0.655. The molecule has 0 aliphatic heterocycles. The molecule has 2 rings (SSSR count). The number of carbonyl (C=O) groups excluding carboxylic acids is 1. The molecule has 0 aliphatic carbocycles. The van der Waals surface area contributed by atoms with E-state index in [1.165, 1.54) is 0 Å². The van der Waals surface area contributed by atoms with E-state index in [9.17, 15) is 4.79 Å². The molecule has 0 fully saturated rings. The third kappa shape index (κ3) is 6.40. The zero-order valence-electron chi connectivity index (χ0n) is 13.7. The van der Waals surface area contributed by atoms with Crippen LogP contribution in [-0.2, 0) is 10.3 Å². The summed E-state index contributed by atoms with van der Waals surface area (Å²) < 4.78 is 0. The Kier molecular flexibility index (Phi) is 10.1. The van der Waals surface area contributed by atoms with E-state index in [0.29, 0.717) is 6.54 Å². The summed E-state index contributed by atoms with van der Waals surface area (Å²) in [6, 6.07) is 19.4. The molecule has 24 heavy (non-hydrogen) atoms. The summed E-state index contributed by atoms with van der Waals surface area (Å²) in [6.07, 6.45) is 0.839. The fourth-order valence-corrected chi connectivity index (χ4v) is 2.18. The molecule has 0 radical (unpaired) electrons. The van der Waals surface area contributed by atoms with Crippen LogP contribution in [0.15, 0.2) is 60.7 Å². The summed E-state index contributed by atoms with van der Waals surface area (Å²) in [6.45, 7) is 3.13. The van der Waals surface area contributed by atoms with Gasteiger partial charge in [0, 0.05) is 18.8 Å². The van der Waals surface area contributed by atoms with E-state index in [1.807, 2.05) is 60.7 Å². The maximum Gasteiger partial charge on any atom is 0.244 e. The lowest BCUT2D eigenvalue weighted by atomic mass is 9.92. The molecule has 2 aromatic carbocycles. The summed E-state index contributed by atoms with van der Waals surface area (Å²) >= 11 is 0. The zero-order chi connectivity index (χ0) is 15.8. The van der Waals surface area contributed by atoms with Gasteiger partial charge in [-0.05, 0) is 31.0 Å². The van der Waals surface area contributed by atoms with Crippen molar-refractivity contribution in [2.45, 2.75) is 18.9 Å². The molecule has 1 unspecified atom stereocenters. The molecule has 0 aliphatic rings. The molecule has 0 saturated carbocycles. The first-order chi connectivity index (χ1) is 10.6. The number of para-hydroxylation sites is 1. The molecule has 0 bridgehead atoms. The lowest BCUT2D eigenvalue weighted by molar-refractivity contribution is -0.126. The minimum atomic E-state index is -1.01. The van der Waals surface area contributed by atoms with Crippen LogP contribution in [0.2, 0.25) is 0 Å². The minimum absolute atomic E-state index is 0. The van der Waals surface area contributed by atoms with Crippen LogP contribution in [0.3, 0.4) is 0 Å². The van der Waals surface area contributed by atoms with Gasteiger partial charge in [0.15, 0.2) is 0 Å². The van der Waals surface area contributed by atoms with Gasteiger partial charge in [-0.25, -0.2) is 0 Å². The number of hydrogen-bond donors (Lipinski definition) is 3. The number of nitrogens with one attached hydrogen (secondary N) is 2. The van der Waals surface area contributed by atoms with Crippen LogP contribution in [0.1, 0.15) is 18.9 Å². The first-order valence-corrected chi connectivity index (χ1v) is 7.52. The number of rotatable bonds is 7. The highest BCUT2D eigenvalue weighted by atomic mass is 35.5. The van der Waals surface area contributed by atoms with Gasteiger partial charge >= 0.3 is 0 Å². The predicted molar refractivity (Wildman–Crippen MR) is 105 cm³/mol. The average molecular weight is 370 g/mol. The largest absolute Gasteiger partial charge is 0.385 e. The first-order valence-electron chi connectivity index (χ1n) is 7.52. The standard InChI is InChI=1S/C18H23N3O.2ClH/c1-18(19,15-9-4-2-5-10-15)17(22)21-14-8-13-20-16-11-6-3-7-12-16;;/h2-7,9-12,20H,8,13-14,19H2,1H3,(H,21,22);2*1H. The normalized spacial score (nSPS) is 12.1. The topological polar surface area (TPSA) is 67.2 Å². The van der Waals surface area contributed by atoms with Gasteiger partial charge in [-0.3, -0.25) is 4.79 Å². The summed E-state index contributed by atoms with van der Waals surface area (Å²) in [7, 11) is 0.